The van der Waals surface area contributed by atoms with Crippen LogP contribution < -0.4 is 5.32 Å². The number of carbonyl (C=O) groups excluding carboxylic acids is 1. The molecule has 1 aromatic rings. The molecule has 1 rings (SSSR count). The number of thioether (sulfide) groups is 1. The zero-order chi connectivity index (χ0) is 13.5. The van der Waals surface area contributed by atoms with Crippen molar-refractivity contribution >= 4 is 17.7 Å². The van der Waals surface area contributed by atoms with Crippen LogP contribution in [0, 0.1) is 12.8 Å². The number of hydrogen-bond donors (Lipinski definition) is 2. The Morgan fingerprint density at radius 2 is 1.94 bits per heavy atom. The summed E-state index contributed by atoms with van der Waals surface area (Å²) >= 11 is 1.52. The van der Waals surface area contributed by atoms with Gasteiger partial charge < -0.3 is 10.4 Å². The predicted molar refractivity (Wildman–Crippen MR) is 75.8 cm³/mol. The predicted octanol–water partition coefficient (Wildman–Crippen LogP) is 2.22. The van der Waals surface area contributed by atoms with E-state index >= 15 is 0 Å². The fourth-order valence-corrected chi connectivity index (χ4v) is 2.09. The molecule has 0 fully saturated rings. The smallest absolute Gasteiger partial charge is 0.230 e. The maximum Gasteiger partial charge on any atom is 0.230 e. The van der Waals surface area contributed by atoms with E-state index in [1.807, 2.05) is 45.0 Å². The van der Waals surface area contributed by atoms with Gasteiger partial charge in [-0.05, 0) is 31.9 Å². The molecule has 1 amide bonds. The van der Waals surface area contributed by atoms with Crippen LogP contribution in [0.2, 0.25) is 0 Å². The van der Waals surface area contributed by atoms with Gasteiger partial charge in [0.1, 0.15) is 0 Å². The van der Waals surface area contributed by atoms with Gasteiger partial charge in [0.15, 0.2) is 0 Å². The van der Waals surface area contributed by atoms with E-state index in [0.717, 1.165) is 4.90 Å². The summed E-state index contributed by atoms with van der Waals surface area (Å²) in [6.07, 6.45) is 0. The highest BCUT2D eigenvalue weighted by atomic mass is 32.2. The number of aryl methyl sites for hydroxylation is 1. The first-order valence-corrected chi connectivity index (χ1v) is 7.11. The number of hydrogen-bond acceptors (Lipinski definition) is 3. The summed E-state index contributed by atoms with van der Waals surface area (Å²) in [4.78, 5) is 12.8. The van der Waals surface area contributed by atoms with Gasteiger partial charge in [0.05, 0.1) is 5.75 Å². The molecule has 2 atom stereocenters. The molecule has 0 heterocycles. The Hall–Kier alpha value is -1.00. The Labute approximate surface area is 113 Å². The van der Waals surface area contributed by atoms with Crippen LogP contribution in [-0.2, 0) is 4.79 Å². The number of amides is 1. The topological polar surface area (TPSA) is 49.3 Å². The fourth-order valence-electron chi connectivity index (χ4n) is 1.38. The minimum absolute atomic E-state index is 0.00104. The van der Waals surface area contributed by atoms with Crippen molar-refractivity contribution in [2.24, 2.45) is 5.92 Å². The zero-order valence-corrected chi connectivity index (χ0v) is 12.0. The van der Waals surface area contributed by atoms with Gasteiger partial charge in [-0.3, -0.25) is 4.79 Å². The van der Waals surface area contributed by atoms with E-state index in [-0.39, 0.29) is 24.5 Å². The minimum Gasteiger partial charge on any atom is -0.396 e. The van der Waals surface area contributed by atoms with Crippen LogP contribution in [0.3, 0.4) is 0 Å². The van der Waals surface area contributed by atoms with Crippen molar-refractivity contribution in [3.05, 3.63) is 29.8 Å². The first kappa shape index (κ1) is 15.1. The Kier molecular flexibility index (Phi) is 6.22. The summed E-state index contributed by atoms with van der Waals surface area (Å²) < 4.78 is 0. The number of rotatable bonds is 6. The van der Waals surface area contributed by atoms with Crippen LogP contribution in [0.1, 0.15) is 19.4 Å². The standard InChI is InChI=1S/C14H21NO2S/c1-10-4-6-13(7-5-10)18-9-14(17)15-12(3)11(2)8-16/h4-7,11-12,16H,8-9H2,1-3H3,(H,15,17). The SMILES string of the molecule is Cc1ccc(SCC(=O)NC(C)C(C)CO)cc1. The van der Waals surface area contributed by atoms with Crippen molar-refractivity contribution in [1.29, 1.82) is 0 Å². The molecule has 18 heavy (non-hydrogen) atoms. The molecule has 2 unspecified atom stereocenters. The van der Waals surface area contributed by atoms with Crippen LogP contribution in [0.5, 0.6) is 0 Å². The van der Waals surface area contributed by atoms with E-state index in [1.54, 1.807) is 0 Å². The van der Waals surface area contributed by atoms with E-state index in [2.05, 4.69) is 5.32 Å². The summed E-state index contributed by atoms with van der Waals surface area (Å²) in [6, 6.07) is 8.12. The number of aliphatic hydroxyl groups excluding tert-OH is 1. The normalized spacial score (nSPS) is 14.0. The second kappa shape index (κ2) is 7.44. The zero-order valence-electron chi connectivity index (χ0n) is 11.1. The highest BCUT2D eigenvalue weighted by Crippen LogP contribution is 2.17. The maximum absolute atomic E-state index is 11.7. The minimum atomic E-state index is 0.00104. The van der Waals surface area contributed by atoms with Crippen molar-refractivity contribution in [2.75, 3.05) is 12.4 Å². The highest BCUT2D eigenvalue weighted by Gasteiger charge is 2.13. The van der Waals surface area contributed by atoms with Crippen molar-refractivity contribution in [3.8, 4) is 0 Å². The lowest BCUT2D eigenvalue weighted by atomic mass is 10.1. The molecule has 4 heteroatoms. The third-order valence-electron chi connectivity index (χ3n) is 2.92. The van der Waals surface area contributed by atoms with Crippen molar-refractivity contribution in [2.45, 2.75) is 31.7 Å². The van der Waals surface area contributed by atoms with Gasteiger partial charge in [0, 0.05) is 17.5 Å². The van der Waals surface area contributed by atoms with Gasteiger partial charge in [-0.2, -0.15) is 0 Å². The maximum atomic E-state index is 11.7. The molecular formula is C14H21NO2S. The molecule has 100 valence electrons. The second-order valence-corrected chi connectivity index (χ2v) is 5.67. The lowest BCUT2D eigenvalue weighted by Crippen LogP contribution is -2.39. The fraction of sp³-hybridized carbons (Fsp3) is 0.500. The molecule has 0 aliphatic carbocycles. The van der Waals surface area contributed by atoms with Crippen LogP contribution in [0.15, 0.2) is 29.2 Å². The first-order chi connectivity index (χ1) is 8.52. The molecule has 0 spiro atoms. The van der Waals surface area contributed by atoms with Crippen molar-refractivity contribution in [1.82, 2.24) is 5.32 Å². The van der Waals surface area contributed by atoms with Gasteiger partial charge >= 0.3 is 0 Å². The summed E-state index contributed by atoms with van der Waals surface area (Å²) in [6.45, 7) is 5.96. The van der Waals surface area contributed by atoms with Crippen molar-refractivity contribution in [3.63, 3.8) is 0 Å². The molecular weight excluding hydrogens is 246 g/mol. The van der Waals surface area contributed by atoms with Gasteiger partial charge in [-0.25, -0.2) is 0 Å². The molecule has 2 N–H and O–H groups in total. The molecule has 3 nitrogen and oxygen atoms in total. The lowest BCUT2D eigenvalue weighted by molar-refractivity contribution is -0.119. The van der Waals surface area contributed by atoms with E-state index in [9.17, 15) is 4.79 Å². The van der Waals surface area contributed by atoms with Crippen molar-refractivity contribution < 1.29 is 9.90 Å². The molecule has 0 saturated carbocycles. The molecule has 1 aromatic carbocycles. The average molecular weight is 267 g/mol. The third kappa shape index (κ3) is 5.10. The average Bonchev–Trinajstić information content (AvgIpc) is 2.37. The molecule has 0 aromatic heterocycles. The number of nitrogens with one attached hydrogen (secondary N) is 1. The van der Waals surface area contributed by atoms with Gasteiger partial charge in [-0.15, -0.1) is 11.8 Å². The first-order valence-electron chi connectivity index (χ1n) is 6.12. The molecule has 0 radical (unpaired) electrons. The number of aliphatic hydroxyl groups is 1. The number of benzene rings is 1. The summed E-state index contributed by atoms with van der Waals surface area (Å²) in [5.41, 5.74) is 1.22. The third-order valence-corrected chi connectivity index (χ3v) is 3.93. The van der Waals surface area contributed by atoms with Gasteiger partial charge in [0.25, 0.3) is 0 Å². The van der Waals surface area contributed by atoms with Gasteiger partial charge in [-0.1, -0.05) is 24.6 Å². The van der Waals surface area contributed by atoms with Crippen LogP contribution in [-0.4, -0.2) is 29.4 Å². The highest BCUT2D eigenvalue weighted by molar-refractivity contribution is 8.00. The number of carbonyl (C=O) groups is 1. The largest absolute Gasteiger partial charge is 0.396 e. The second-order valence-electron chi connectivity index (χ2n) is 4.62. The monoisotopic (exact) mass is 267 g/mol. The van der Waals surface area contributed by atoms with Gasteiger partial charge in [0.2, 0.25) is 5.91 Å². The molecule has 0 aliphatic heterocycles. The summed E-state index contributed by atoms with van der Waals surface area (Å²) in [7, 11) is 0. The van der Waals surface area contributed by atoms with E-state index in [1.165, 1.54) is 17.3 Å². The van der Waals surface area contributed by atoms with Crippen LogP contribution >= 0.6 is 11.8 Å². The summed E-state index contributed by atoms with van der Waals surface area (Å²) in [5, 5.41) is 11.9. The molecule has 0 aliphatic rings. The molecule has 0 saturated heterocycles. The lowest BCUT2D eigenvalue weighted by Gasteiger charge is -2.19. The van der Waals surface area contributed by atoms with Crippen LogP contribution in [0.25, 0.3) is 0 Å². The van der Waals surface area contributed by atoms with Crippen LogP contribution in [0.4, 0.5) is 0 Å². The van der Waals surface area contributed by atoms with E-state index in [4.69, 9.17) is 5.11 Å². The Morgan fingerprint density at radius 3 is 2.50 bits per heavy atom. The Bertz CT molecular complexity index is 378. The molecule has 0 bridgehead atoms. The quantitative estimate of drug-likeness (QED) is 0.777. The summed E-state index contributed by atoms with van der Waals surface area (Å²) in [5.74, 6) is 0.498. The Morgan fingerprint density at radius 1 is 1.33 bits per heavy atom. The van der Waals surface area contributed by atoms with E-state index < -0.39 is 0 Å². The van der Waals surface area contributed by atoms with E-state index in [0.29, 0.717) is 5.75 Å². The Balaban J connectivity index is 2.35.